The van der Waals surface area contributed by atoms with E-state index in [2.05, 4.69) is 9.88 Å². The van der Waals surface area contributed by atoms with Gasteiger partial charge in [0.2, 0.25) is 5.89 Å². The molecule has 3 nitrogen and oxygen atoms in total. The quantitative estimate of drug-likeness (QED) is 0.776. The molecule has 0 saturated carbocycles. The standard InChI is InChI=1S/C12H19FN2O/c1-9-7-14-11(16-9)10(2)15-6-4-5-12(3,13)8-15/h7,10H,4-6,8H2,1-3H3/t10-,12+/m1/s1. The maximum absolute atomic E-state index is 13.9. The zero-order valence-electron chi connectivity index (χ0n) is 10.2. The summed E-state index contributed by atoms with van der Waals surface area (Å²) in [4.78, 5) is 6.31. The van der Waals surface area contributed by atoms with E-state index in [0.717, 1.165) is 18.7 Å². The average Bonchev–Trinajstić information content (AvgIpc) is 2.62. The number of rotatable bonds is 2. The first kappa shape index (κ1) is 11.6. The summed E-state index contributed by atoms with van der Waals surface area (Å²) in [5.74, 6) is 1.50. The fraction of sp³-hybridized carbons (Fsp3) is 0.750. The molecule has 4 heteroatoms. The van der Waals surface area contributed by atoms with Gasteiger partial charge in [0, 0.05) is 6.54 Å². The fourth-order valence-electron chi connectivity index (χ4n) is 2.28. The third kappa shape index (κ3) is 2.43. The summed E-state index contributed by atoms with van der Waals surface area (Å²) >= 11 is 0. The van der Waals surface area contributed by atoms with E-state index in [4.69, 9.17) is 4.42 Å². The van der Waals surface area contributed by atoms with Gasteiger partial charge in [0.15, 0.2) is 0 Å². The van der Waals surface area contributed by atoms with E-state index < -0.39 is 5.67 Å². The van der Waals surface area contributed by atoms with Gasteiger partial charge in [-0.25, -0.2) is 9.37 Å². The van der Waals surface area contributed by atoms with Crippen LogP contribution in [0.1, 0.15) is 44.4 Å². The highest BCUT2D eigenvalue weighted by atomic mass is 19.1. The maximum Gasteiger partial charge on any atom is 0.211 e. The van der Waals surface area contributed by atoms with Gasteiger partial charge in [0.05, 0.1) is 12.2 Å². The van der Waals surface area contributed by atoms with Crippen LogP contribution in [0.2, 0.25) is 0 Å². The van der Waals surface area contributed by atoms with Gasteiger partial charge in [-0.15, -0.1) is 0 Å². The Bertz CT molecular complexity index is 362. The minimum atomic E-state index is -1.08. The van der Waals surface area contributed by atoms with Crippen LogP contribution in [0.3, 0.4) is 0 Å². The molecule has 1 aromatic heterocycles. The van der Waals surface area contributed by atoms with Gasteiger partial charge >= 0.3 is 0 Å². The number of halogens is 1. The van der Waals surface area contributed by atoms with Crippen LogP contribution in [0.25, 0.3) is 0 Å². The molecule has 0 amide bonds. The van der Waals surface area contributed by atoms with Crippen LogP contribution in [0.15, 0.2) is 10.6 Å². The number of alkyl halides is 1. The molecule has 0 unspecified atom stereocenters. The zero-order chi connectivity index (χ0) is 11.8. The highest BCUT2D eigenvalue weighted by Crippen LogP contribution is 2.30. The van der Waals surface area contributed by atoms with Crippen molar-refractivity contribution in [2.45, 2.75) is 45.3 Å². The summed E-state index contributed by atoms with van der Waals surface area (Å²) in [6.07, 6.45) is 3.27. The van der Waals surface area contributed by atoms with Crippen molar-refractivity contribution in [3.05, 3.63) is 17.8 Å². The van der Waals surface area contributed by atoms with Gasteiger partial charge in [-0.05, 0) is 40.2 Å². The van der Waals surface area contributed by atoms with Crippen molar-refractivity contribution >= 4 is 0 Å². The Labute approximate surface area is 95.6 Å². The molecule has 1 aliphatic heterocycles. The van der Waals surface area contributed by atoms with E-state index in [9.17, 15) is 4.39 Å². The van der Waals surface area contributed by atoms with Gasteiger partial charge < -0.3 is 4.42 Å². The molecule has 0 aliphatic carbocycles. The molecule has 0 radical (unpaired) electrons. The number of aryl methyl sites for hydroxylation is 1. The molecule has 1 fully saturated rings. The zero-order valence-corrected chi connectivity index (χ0v) is 10.2. The lowest BCUT2D eigenvalue weighted by molar-refractivity contribution is 0.0322. The highest BCUT2D eigenvalue weighted by molar-refractivity contribution is 4.97. The van der Waals surface area contributed by atoms with Gasteiger partial charge in [-0.2, -0.15) is 0 Å². The lowest BCUT2D eigenvalue weighted by Crippen LogP contribution is -2.44. The minimum Gasteiger partial charge on any atom is -0.444 e. The number of likely N-dealkylation sites (tertiary alicyclic amines) is 1. The lowest BCUT2D eigenvalue weighted by Gasteiger charge is -2.37. The fourth-order valence-corrected chi connectivity index (χ4v) is 2.28. The van der Waals surface area contributed by atoms with Crippen molar-refractivity contribution in [2.75, 3.05) is 13.1 Å². The van der Waals surface area contributed by atoms with E-state index in [0.29, 0.717) is 18.9 Å². The molecule has 0 bridgehead atoms. The molecular formula is C12H19FN2O. The van der Waals surface area contributed by atoms with Gasteiger partial charge in [0.25, 0.3) is 0 Å². The Morgan fingerprint density at radius 2 is 2.38 bits per heavy atom. The summed E-state index contributed by atoms with van der Waals surface area (Å²) in [5, 5.41) is 0. The SMILES string of the molecule is Cc1cnc([C@@H](C)N2CCC[C@](C)(F)C2)o1. The van der Waals surface area contributed by atoms with Gasteiger partial charge in [0.1, 0.15) is 11.4 Å². The maximum atomic E-state index is 13.9. The molecular weight excluding hydrogens is 207 g/mol. The monoisotopic (exact) mass is 226 g/mol. The summed E-state index contributed by atoms with van der Waals surface area (Å²) < 4.78 is 19.4. The smallest absolute Gasteiger partial charge is 0.211 e. The second-order valence-electron chi connectivity index (χ2n) is 4.97. The summed E-state index contributed by atoms with van der Waals surface area (Å²) in [5.41, 5.74) is -1.08. The van der Waals surface area contributed by atoms with Crippen molar-refractivity contribution in [1.29, 1.82) is 0 Å². The van der Waals surface area contributed by atoms with E-state index in [1.54, 1.807) is 13.1 Å². The van der Waals surface area contributed by atoms with Crippen LogP contribution in [0.4, 0.5) is 4.39 Å². The number of nitrogens with zero attached hydrogens (tertiary/aromatic N) is 2. The normalized spacial score (nSPS) is 29.2. The van der Waals surface area contributed by atoms with Gasteiger partial charge in [-0.1, -0.05) is 0 Å². The Hall–Kier alpha value is -0.900. The highest BCUT2D eigenvalue weighted by Gasteiger charge is 2.34. The molecule has 2 rings (SSSR count). The number of hydrogen-bond acceptors (Lipinski definition) is 3. The van der Waals surface area contributed by atoms with Crippen LogP contribution < -0.4 is 0 Å². The number of oxazole rings is 1. The molecule has 2 heterocycles. The molecule has 16 heavy (non-hydrogen) atoms. The second kappa shape index (κ2) is 4.17. The molecule has 1 aromatic rings. The Morgan fingerprint density at radius 3 is 2.94 bits per heavy atom. The Kier molecular flexibility index (Phi) is 3.02. The minimum absolute atomic E-state index is 0.0593. The van der Waals surface area contributed by atoms with Crippen molar-refractivity contribution in [3.63, 3.8) is 0 Å². The average molecular weight is 226 g/mol. The van der Waals surface area contributed by atoms with Crippen LogP contribution in [0, 0.1) is 6.92 Å². The van der Waals surface area contributed by atoms with Crippen LogP contribution in [0.5, 0.6) is 0 Å². The van der Waals surface area contributed by atoms with E-state index >= 15 is 0 Å². The van der Waals surface area contributed by atoms with Crippen molar-refractivity contribution in [2.24, 2.45) is 0 Å². The summed E-state index contributed by atoms with van der Waals surface area (Å²) in [6, 6.07) is 0.0593. The summed E-state index contributed by atoms with van der Waals surface area (Å²) in [6.45, 7) is 6.95. The second-order valence-corrected chi connectivity index (χ2v) is 4.97. The predicted octanol–water partition coefficient (Wildman–Crippen LogP) is 2.87. The third-order valence-corrected chi connectivity index (χ3v) is 3.22. The molecule has 0 spiro atoms. The lowest BCUT2D eigenvalue weighted by atomic mass is 9.96. The largest absolute Gasteiger partial charge is 0.444 e. The number of aromatic nitrogens is 1. The Morgan fingerprint density at radius 1 is 1.62 bits per heavy atom. The predicted molar refractivity (Wildman–Crippen MR) is 60.0 cm³/mol. The van der Waals surface area contributed by atoms with E-state index in [1.807, 2.05) is 13.8 Å². The first-order valence-corrected chi connectivity index (χ1v) is 5.83. The molecule has 90 valence electrons. The summed E-state index contributed by atoms with van der Waals surface area (Å²) in [7, 11) is 0. The van der Waals surface area contributed by atoms with Crippen LogP contribution in [-0.4, -0.2) is 28.6 Å². The number of piperidine rings is 1. The number of hydrogen-bond donors (Lipinski definition) is 0. The molecule has 0 aromatic carbocycles. The van der Waals surface area contributed by atoms with Crippen molar-refractivity contribution in [3.8, 4) is 0 Å². The molecule has 2 atom stereocenters. The first-order chi connectivity index (χ1) is 7.48. The molecule has 1 aliphatic rings. The van der Waals surface area contributed by atoms with E-state index in [1.165, 1.54) is 0 Å². The van der Waals surface area contributed by atoms with Crippen LogP contribution in [-0.2, 0) is 0 Å². The third-order valence-electron chi connectivity index (χ3n) is 3.22. The van der Waals surface area contributed by atoms with E-state index in [-0.39, 0.29) is 6.04 Å². The van der Waals surface area contributed by atoms with Gasteiger partial charge in [-0.3, -0.25) is 4.90 Å². The van der Waals surface area contributed by atoms with Crippen LogP contribution >= 0.6 is 0 Å². The molecule has 1 saturated heterocycles. The first-order valence-electron chi connectivity index (χ1n) is 5.83. The topological polar surface area (TPSA) is 29.3 Å². The Balaban J connectivity index is 2.07. The van der Waals surface area contributed by atoms with Crippen molar-refractivity contribution in [1.82, 2.24) is 9.88 Å². The molecule has 0 N–H and O–H groups in total. The van der Waals surface area contributed by atoms with Crippen molar-refractivity contribution < 1.29 is 8.81 Å².